The lowest BCUT2D eigenvalue weighted by Gasteiger charge is -2.21. The summed E-state index contributed by atoms with van der Waals surface area (Å²) in [4.78, 5) is 0. The molecule has 2 N–H and O–H groups in total. The second-order valence-electron chi connectivity index (χ2n) is 6.14. The normalized spacial score (nSPS) is 18.9. The van der Waals surface area contributed by atoms with Crippen LogP contribution in [-0.4, -0.2) is 6.04 Å². The number of benzene rings is 2. The van der Waals surface area contributed by atoms with Gasteiger partial charge in [0.25, 0.3) is 0 Å². The Morgan fingerprint density at radius 2 is 1.95 bits per heavy atom. The molecular formula is C19H23N. The molecule has 0 bridgehead atoms. The Kier molecular flexibility index (Phi) is 3.62. The largest absolute Gasteiger partial charge is 0.327 e. The lowest BCUT2D eigenvalue weighted by molar-refractivity contribution is 0.524. The van der Waals surface area contributed by atoms with Crippen molar-refractivity contribution in [2.75, 3.05) is 0 Å². The van der Waals surface area contributed by atoms with Crippen molar-refractivity contribution in [3.63, 3.8) is 0 Å². The van der Waals surface area contributed by atoms with E-state index in [-0.39, 0.29) is 6.04 Å². The molecule has 20 heavy (non-hydrogen) atoms. The van der Waals surface area contributed by atoms with E-state index in [1.54, 1.807) is 0 Å². The van der Waals surface area contributed by atoms with Gasteiger partial charge in [0.2, 0.25) is 0 Å². The summed E-state index contributed by atoms with van der Waals surface area (Å²) in [6.07, 6.45) is 3.36. The van der Waals surface area contributed by atoms with E-state index in [2.05, 4.69) is 56.3 Å². The second-order valence-corrected chi connectivity index (χ2v) is 6.14. The third-order valence-corrected chi connectivity index (χ3v) is 4.66. The first-order valence-corrected chi connectivity index (χ1v) is 7.54. The van der Waals surface area contributed by atoms with E-state index in [1.165, 1.54) is 40.7 Å². The van der Waals surface area contributed by atoms with Gasteiger partial charge in [0.1, 0.15) is 0 Å². The Labute approximate surface area is 121 Å². The summed E-state index contributed by atoms with van der Waals surface area (Å²) in [5.41, 5.74) is 13.6. The average Bonchev–Trinajstić information content (AvgIpc) is 2.87. The fourth-order valence-corrected chi connectivity index (χ4v) is 3.45. The van der Waals surface area contributed by atoms with Gasteiger partial charge in [-0.15, -0.1) is 0 Å². The quantitative estimate of drug-likeness (QED) is 0.895. The first-order valence-electron chi connectivity index (χ1n) is 7.54. The van der Waals surface area contributed by atoms with E-state index in [0.29, 0.717) is 5.92 Å². The molecule has 0 saturated heterocycles. The molecule has 0 heterocycles. The molecule has 0 spiro atoms. The zero-order valence-electron chi connectivity index (χ0n) is 12.4. The van der Waals surface area contributed by atoms with Gasteiger partial charge in [-0.05, 0) is 61.3 Å². The summed E-state index contributed by atoms with van der Waals surface area (Å²) < 4.78 is 0. The molecule has 2 atom stereocenters. The fourth-order valence-electron chi connectivity index (χ4n) is 3.45. The van der Waals surface area contributed by atoms with Crippen LogP contribution in [0.1, 0.15) is 40.2 Å². The van der Waals surface area contributed by atoms with Gasteiger partial charge in [0.05, 0.1) is 0 Å². The summed E-state index contributed by atoms with van der Waals surface area (Å²) in [5.74, 6) is 0.520. The summed E-state index contributed by atoms with van der Waals surface area (Å²) in [6, 6.07) is 15.7. The molecule has 0 saturated carbocycles. The Morgan fingerprint density at radius 3 is 2.80 bits per heavy atom. The molecule has 1 heteroatoms. The standard InChI is InChI=1S/C19H23N/c1-13-7-8-14(2)16(11-13)12-19(20)18-10-9-15-5-3-4-6-17(15)18/h3-8,11,18-19H,9-10,12,20H2,1-2H3. The van der Waals surface area contributed by atoms with Gasteiger partial charge in [0.15, 0.2) is 0 Å². The first-order chi connectivity index (χ1) is 9.65. The van der Waals surface area contributed by atoms with Crippen molar-refractivity contribution in [1.82, 2.24) is 0 Å². The van der Waals surface area contributed by atoms with Gasteiger partial charge in [-0.2, -0.15) is 0 Å². The van der Waals surface area contributed by atoms with Crippen LogP contribution in [0, 0.1) is 13.8 Å². The number of nitrogens with two attached hydrogens (primary N) is 1. The third-order valence-electron chi connectivity index (χ3n) is 4.66. The Bertz CT molecular complexity index is 615. The molecule has 1 nitrogen and oxygen atoms in total. The van der Waals surface area contributed by atoms with Crippen LogP contribution < -0.4 is 5.73 Å². The molecule has 0 aliphatic heterocycles. The van der Waals surface area contributed by atoms with Gasteiger partial charge in [-0.25, -0.2) is 0 Å². The monoisotopic (exact) mass is 265 g/mol. The molecule has 2 aromatic carbocycles. The maximum absolute atomic E-state index is 6.54. The number of aryl methyl sites for hydroxylation is 3. The van der Waals surface area contributed by atoms with Crippen LogP contribution in [0.5, 0.6) is 0 Å². The van der Waals surface area contributed by atoms with Crippen LogP contribution in [0.3, 0.4) is 0 Å². The topological polar surface area (TPSA) is 26.0 Å². The molecule has 0 aromatic heterocycles. The average molecular weight is 265 g/mol. The minimum absolute atomic E-state index is 0.221. The van der Waals surface area contributed by atoms with Gasteiger partial charge in [0, 0.05) is 6.04 Å². The van der Waals surface area contributed by atoms with Crippen LogP contribution in [0.25, 0.3) is 0 Å². The predicted molar refractivity (Wildman–Crippen MR) is 85.1 cm³/mol. The maximum Gasteiger partial charge on any atom is 0.0149 e. The number of hydrogen-bond donors (Lipinski definition) is 1. The van der Waals surface area contributed by atoms with Crippen molar-refractivity contribution in [3.8, 4) is 0 Å². The number of hydrogen-bond acceptors (Lipinski definition) is 1. The lowest BCUT2D eigenvalue weighted by atomic mass is 9.88. The number of rotatable bonds is 3. The van der Waals surface area contributed by atoms with E-state index in [9.17, 15) is 0 Å². The van der Waals surface area contributed by atoms with Crippen LogP contribution >= 0.6 is 0 Å². The van der Waals surface area contributed by atoms with Crippen molar-refractivity contribution in [1.29, 1.82) is 0 Å². The van der Waals surface area contributed by atoms with Gasteiger partial charge in [-0.1, -0.05) is 48.0 Å². The van der Waals surface area contributed by atoms with Gasteiger partial charge in [-0.3, -0.25) is 0 Å². The molecule has 0 fully saturated rings. The Morgan fingerprint density at radius 1 is 1.15 bits per heavy atom. The lowest BCUT2D eigenvalue weighted by Crippen LogP contribution is -2.30. The summed E-state index contributed by atoms with van der Waals surface area (Å²) in [5, 5.41) is 0. The van der Waals surface area contributed by atoms with Crippen LogP contribution in [0.15, 0.2) is 42.5 Å². The summed E-state index contributed by atoms with van der Waals surface area (Å²) in [6.45, 7) is 4.34. The van der Waals surface area contributed by atoms with E-state index in [0.717, 1.165) is 6.42 Å². The minimum atomic E-state index is 0.221. The Hall–Kier alpha value is -1.60. The van der Waals surface area contributed by atoms with E-state index < -0.39 is 0 Å². The van der Waals surface area contributed by atoms with Crippen molar-refractivity contribution in [2.45, 2.75) is 45.1 Å². The highest BCUT2D eigenvalue weighted by atomic mass is 14.7. The highest BCUT2D eigenvalue weighted by Crippen LogP contribution is 2.35. The molecular weight excluding hydrogens is 242 g/mol. The predicted octanol–water partition coefficient (Wildman–Crippen LogP) is 3.90. The maximum atomic E-state index is 6.54. The molecule has 1 aliphatic carbocycles. The van der Waals surface area contributed by atoms with Crippen molar-refractivity contribution >= 4 is 0 Å². The van der Waals surface area contributed by atoms with Crippen molar-refractivity contribution in [2.24, 2.45) is 5.73 Å². The zero-order valence-corrected chi connectivity index (χ0v) is 12.4. The summed E-state index contributed by atoms with van der Waals surface area (Å²) in [7, 11) is 0. The highest BCUT2D eigenvalue weighted by Gasteiger charge is 2.27. The van der Waals surface area contributed by atoms with Crippen LogP contribution in [0.4, 0.5) is 0 Å². The zero-order chi connectivity index (χ0) is 14.1. The minimum Gasteiger partial charge on any atom is -0.327 e. The molecule has 1 aliphatic rings. The Balaban J connectivity index is 1.81. The van der Waals surface area contributed by atoms with Gasteiger partial charge < -0.3 is 5.73 Å². The molecule has 0 amide bonds. The molecule has 2 unspecified atom stereocenters. The first kappa shape index (κ1) is 13.4. The van der Waals surface area contributed by atoms with Crippen LogP contribution in [-0.2, 0) is 12.8 Å². The molecule has 0 radical (unpaired) electrons. The van der Waals surface area contributed by atoms with Crippen molar-refractivity contribution < 1.29 is 0 Å². The molecule has 3 rings (SSSR count). The highest BCUT2D eigenvalue weighted by molar-refractivity contribution is 5.37. The van der Waals surface area contributed by atoms with E-state index >= 15 is 0 Å². The SMILES string of the molecule is Cc1ccc(C)c(CC(N)C2CCc3ccccc32)c1. The molecule has 104 valence electrons. The van der Waals surface area contributed by atoms with Gasteiger partial charge >= 0.3 is 0 Å². The fraction of sp³-hybridized carbons (Fsp3) is 0.368. The van der Waals surface area contributed by atoms with E-state index in [1.807, 2.05) is 0 Å². The number of fused-ring (bicyclic) bond motifs is 1. The van der Waals surface area contributed by atoms with Crippen LogP contribution in [0.2, 0.25) is 0 Å². The van der Waals surface area contributed by atoms with Crippen molar-refractivity contribution in [3.05, 3.63) is 70.3 Å². The second kappa shape index (κ2) is 5.41. The smallest absolute Gasteiger partial charge is 0.0149 e. The third kappa shape index (κ3) is 2.51. The molecule has 2 aromatic rings. The summed E-state index contributed by atoms with van der Waals surface area (Å²) >= 11 is 0. The van der Waals surface area contributed by atoms with E-state index in [4.69, 9.17) is 5.73 Å².